The lowest BCUT2D eigenvalue weighted by Gasteiger charge is -2.32. The molecule has 1 aromatic heterocycles. The highest BCUT2D eigenvalue weighted by Gasteiger charge is 2.37. The highest BCUT2D eigenvalue weighted by Crippen LogP contribution is 2.42. The van der Waals surface area contributed by atoms with Gasteiger partial charge in [0.15, 0.2) is 5.78 Å². The van der Waals surface area contributed by atoms with Crippen molar-refractivity contribution in [3.05, 3.63) is 81.2 Å². The standard InChI is InChI=1S/C22H18Cl2N4O2/c23-14-9-8-13(16(24)10-14)11-30-19-7-2-1-4-15(19)21-20-17(5-3-6-18(20)29)27-22-25-12-26-28(21)22/h1-2,4,7-10,12,21H,3,5-6,11H2,(H,25,26,27). The molecule has 30 heavy (non-hydrogen) atoms. The fourth-order valence-corrected chi connectivity index (χ4v) is 4.48. The minimum Gasteiger partial charge on any atom is -0.488 e. The Morgan fingerprint density at radius 3 is 2.90 bits per heavy atom. The number of Topliss-reactive ketones (excluding diaryl/α,β-unsaturated/α-hetero) is 1. The summed E-state index contributed by atoms with van der Waals surface area (Å²) in [6.45, 7) is 0.280. The molecule has 2 heterocycles. The molecule has 0 radical (unpaired) electrons. The van der Waals surface area contributed by atoms with E-state index < -0.39 is 0 Å². The van der Waals surface area contributed by atoms with E-state index in [0.29, 0.717) is 28.2 Å². The molecule has 6 nitrogen and oxygen atoms in total. The van der Waals surface area contributed by atoms with Gasteiger partial charge in [-0.2, -0.15) is 10.1 Å². The minimum absolute atomic E-state index is 0.130. The topological polar surface area (TPSA) is 69.0 Å². The number of allylic oxidation sites excluding steroid dienone is 2. The van der Waals surface area contributed by atoms with Crippen LogP contribution >= 0.6 is 23.2 Å². The fourth-order valence-electron chi connectivity index (χ4n) is 4.02. The molecule has 2 aliphatic rings. The van der Waals surface area contributed by atoms with E-state index >= 15 is 0 Å². The Morgan fingerprint density at radius 2 is 2.03 bits per heavy atom. The van der Waals surface area contributed by atoms with Gasteiger partial charge in [-0.15, -0.1) is 0 Å². The molecule has 152 valence electrons. The Bertz CT molecular complexity index is 1170. The average molecular weight is 441 g/mol. The van der Waals surface area contributed by atoms with Crippen LogP contribution < -0.4 is 10.1 Å². The second-order valence-electron chi connectivity index (χ2n) is 7.29. The van der Waals surface area contributed by atoms with Crippen LogP contribution in [0.5, 0.6) is 5.75 Å². The number of anilines is 1. The molecule has 0 bridgehead atoms. The van der Waals surface area contributed by atoms with E-state index in [-0.39, 0.29) is 18.4 Å². The van der Waals surface area contributed by atoms with Crippen LogP contribution in [0.2, 0.25) is 10.0 Å². The Kier molecular flexibility index (Phi) is 4.97. The maximum absolute atomic E-state index is 12.9. The van der Waals surface area contributed by atoms with Crippen LogP contribution in [0, 0.1) is 0 Å². The van der Waals surface area contributed by atoms with Gasteiger partial charge in [0.05, 0.1) is 0 Å². The largest absolute Gasteiger partial charge is 0.488 e. The monoisotopic (exact) mass is 440 g/mol. The second-order valence-corrected chi connectivity index (χ2v) is 8.13. The first kappa shape index (κ1) is 19.2. The predicted molar refractivity (Wildman–Crippen MR) is 115 cm³/mol. The van der Waals surface area contributed by atoms with Crippen molar-refractivity contribution in [3.63, 3.8) is 0 Å². The van der Waals surface area contributed by atoms with Crippen molar-refractivity contribution < 1.29 is 9.53 Å². The van der Waals surface area contributed by atoms with Crippen molar-refractivity contribution in [2.45, 2.75) is 31.9 Å². The summed E-state index contributed by atoms with van der Waals surface area (Å²) in [4.78, 5) is 17.2. The van der Waals surface area contributed by atoms with Crippen LogP contribution in [-0.2, 0) is 11.4 Å². The number of hydrogen-bond acceptors (Lipinski definition) is 5. The van der Waals surface area contributed by atoms with Crippen molar-refractivity contribution in [3.8, 4) is 5.75 Å². The summed E-state index contributed by atoms with van der Waals surface area (Å²) in [6, 6.07) is 12.6. The highest BCUT2D eigenvalue weighted by molar-refractivity contribution is 6.35. The number of carbonyl (C=O) groups excluding carboxylic acids is 1. The second kappa shape index (κ2) is 7.78. The lowest BCUT2D eigenvalue weighted by molar-refractivity contribution is -0.116. The van der Waals surface area contributed by atoms with Gasteiger partial charge in [0.2, 0.25) is 5.95 Å². The number of ether oxygens (including phenoxy) is 1. The Morgan fingerprint density at radius 1 is 1.17 bits per heavy atom. The Labute approximate surface area is 183 Å². The van der Waals surface area contributed by atoms with Gasteiger partial charge in [0, 0.05) is 38.9 Å². The first-order valence-electron chi connectivity index (χ1n) is 9.70. The zero-order valence-electron chi connectivity index (χ0n) is 15.9. The number of para-hydroxylation sites is 1. The van der Waals surface area contributed by atoms with Crippen LogP contribution in [0.1, 0.15) is 36.4 Å². The molecule has 1 atom stereocenters. The summed E-state index contributed by atoms with van der Waals surface area (Å²) in [7, 11) is 0. The molecular formula is C22H18Cl2N4O2. The SMILES string of the molecule is O=C1CCCC2=C1C(c1ccccc1OCc1ccc(Cl)cc1Cl)n1ncnc1N2. The van der Waals surface area contributed by atoms with Gasteiger partial charge in [0.1, 0.15) is 24.7 Å². The number of rotatable bonds is 4. The van der Waals surface area contributed by atoms with Crippen LogP contribution in [0.15, 0.2) is 60.1 Å². The smallest absolute Gasteiger partial charge is 0.226 e. The summed E-state index contributed by atoms with van der Waals surface area (Å²) in [5, 5.41) is 8.79. The zero-order valence-corrected chi connectivity index (χ0v) is 17.5. The first-order valence-corrected chi connectivity index (χ1v) is 10.5. The lowest BCUT2D eigenvalue weighted by atomic mass is 9.85. The third-order valence-corrected chi connectivity index (χ3v) is 6.01. The maximum Gasteiger partial charge on any atom is 0.226 e. The van der Waals surface area contributed by atoms with E-state index in [1.165, 1.54) is 6.33 Å². The quantitative estimate of drug-likeness (QED) is 0.604. The predicted octanol–water partition coefficient (Wildman–Crippen LogP) is 5.19. The van der Waals surface area contributed by atoms with Crippen molar-refractivity contribution in [2.24, 2.45) is 0 Å². The molecule has 5 rings (SSSR count). The number of carbonyl (C=O) groups is 1. The summed E-state index contributed by atoms with van der Waals surface area (Å²) in [5.74, 6) is 1.43. The van der Waals surface area contributed by atoms with Crippen LogP contribution in [0.25, 0.3) is 0 Å². The molecule has 1 unspecified atom stereocenters. The van der Waals surface area contributed by atoms with Crippen LogP contribution in [0.4, 0.5) is 5.95 Å². The van der Waals surface area contributed by atoms with E-state index in [4.69, 9.17) is 27.9 Å². The van der Waals surface area contributed by atoms with Crippen molar-refractivity contribution in [1.29, 1.82) is 0 Å². The number of aromatic nitrogens is 3. The molecule has 0 saturated carbocycles. The van der Waals surface area contributed by atoms with E-state index in [9.17, 15) is 4.79 Å². The maximum atomic E-state index is 12.9. The van der Waals surface area contributed by atoms with E-state index in [0.717, 1.165) is 35.2 Å². The van der Waals surface area contributed by atoms with Crippen LogP contribution in [-0.4, -0.2) is 20.5 Å². The van der Waals surface area contributed by atoms with E-state index in [1.54, 1.807) is 16.8 Å². The number of nitrogens with zero attached hydrogens (tertiary/aromatic N) is 3. The molecule has 8 heteroatoms. The van der Waals surface area contributed by atoms with Gasteiger partial charge in [-0.05, 0) is 31.0 Å². The summed E-state index contributed by atoms with van der Waals surface area (Å²) < 4.78 is 7.91. The summed E-state index contributed by atoms with van der Waals surface area (Å²) in [5.41, 5.74) is 3.35. The van der Waals surface area contributed by atoms with Crippen molar-refractivity contribution in [2.75, 3.05) is 5.32 Å². The molecule has 3 aromatic rings. The number of halogens is 2. The molecule has 1 aliphatic carbocycles. The van der Waals surface area contributed by atoms with Gasteiger partial charge in [-0.3, -0.25) is 4.79 Å². The van der Waals surface area contributed by atoms with Gasteiger partial charge >= 0.3 is 0 Å². The number of benzene rings is 2. The van der Waals surface area contributed by atoms with Crippen molar-refractivity contribution in [1.82, 2.24) is 14.8 Å². The molecule has 0 saturated heterocycles. The average Bonchev–Trinajstić information content (AvgIpc) is 3.20. The highest BCUT2D eigenvalue weighted by atomic mass is 35.5. The zero-order chi connectivity index (χ0) is 20.7. The van der Waals surface area contributed by atoms with Gasteiger partial charge in [0.25, 0.3) is 0 Å². The third kappa shape index (κ3) is 3.36. The summed E-state index contributed by atoms with van der Waals surface area (Å²) >= 11 is 12.3. The van der Waals surface area contributed by atoms with E-state index in [1.807, 2.05) is 30.3 Å². The summed E-state index contributed by atoms with van der Waals surface area (Å²) in [6.07, 6.45) is 3.67. The van der Waals surface area contributed by atoms with E-state index in [2.05, 4.69) is 15.4 Å². The Hall–Kier alpha value is -2.83. The van der Waals surface area contributed by atoms with Crippen molar-refractivity contribution >= 4 is 34.9 Å². The van der Waals surface area contributed by atoms with Gasteiger partial charge in [-0.25, -0.2) is 4.68 Å². The molecule has 0 spiro atoms. The number of hydrogen-bond donors (Lipinski definition) is 1. The molecular weight excluding hydrogens is 423 g/mol. The molecule has 0 amide bonds. The number of ketones is 1. The number of fused-ring (bicyclic) bond motifs is 1. The first-order chi connectivity index (χ1) is 14.6. The Balaban J connectivity index is 1.54. The van der Waals surface area contributed by atoms with Crippen LogP contribution in [0.3, 0.4) is 0 Å². The van der Waals surface area contributed by atoms with Gasteiger partial charge < -0.3 is 10.1 Å². The lowest BCUT2D eigenvalue weighted by Crippen LogP contribution is -2.31. The minimum atomic E-state index is -0.386. The third-order valence-electron chi connectivity index (χ3n) is 5.42. The molecule has 1 N–H and O–H groups in total. The molecule has 0 fully saturated rings. The van der Waals surface area contributed by atoms with Gasteiger partial charge in [-0.1, -0.05) is 47.5 Å². The normalized spacial score (nSPS) is 17.9. The number of nitrogens with one attached hydrogen (secondary N) is 1. The fraction of sp³-hybridized carbons (Fsp3) is 0.227. The molecule has 2 aromatic carbocycles. The molecule has 1 aliphatic heterocycles.